The van der Waals surface area contributed by atoms with E-state index in [1.54, 1.807) is 36.4 Å². The van der Waals surface area contributed by atoms with E-state index in [-0.39, 0.29) is 24.7 Å². The first-order valence-electron chi connectivity index (χ1n) is 11.8. The van der Waals surface area contributed by atoms with Crippen molar-refractivity contribution in [2.24, 2.45) is 5.41 Å². The summed E-state index contributed by atoms with van der Waals surface area (Å²) in [6.07, 6.45) is 0.259. The van der Waals surface area contributed by atoms with Crippen LogP contribution in [-0.4, -0.2) is 35.1 Å². The Kier molecular flexibility index (Phi) is 6.75. The number of hydrogen-bond acceptors (Lipinski definition) is 4. The average molecular weight is 484 g/mol. The molecule has 184 valence electrons. The SMILES string of the molecule is CC(C)(C)C(=O)Nc1ccc(C(=O)CN2C(=O)N[C@](Cc3ccccc3)(c3ccccc3)C2=O)cc1. The van der Waals surface area contributed by atoms with Crippen LogP contribution in [-0.2, 0) is 21.5 Å². The summed E-state index contributed by atoms with van der Waals surface area (Å²) in [7, 11) is 0. The second-order valence-electron chi connectivity index (χ2n) is 9.96. The Morgan fingerprint density at radius 3 is 2.03 bits per heavy atom. The van der Waals surface area contributed by atoms with E-state index >= 15 is 0 Å². The zero-order chi connectivity index (χ0) is 25.9. The van der Waals surface area contributed by atoms with Gasteiger partial charge in [-0.25, -0.2) is 4.79 Å². The zero-order valence-corrected chi connectivity index (χ0v) is 20.6. The van der Waals surface area contributed by atoms with Crippen molar-refractivity contribution in [2.45, 2.75) is 32.7 Å². The molecule has 7 heteroatoms. The van der Waals surface area contributed by atoms with Crippen molar-refractivity contribution >= 4 is 29.3 Å². The Bertz CT molecular complexity index is 1280. The van der Waals surface area contributed by atoms with E-state index in [1.165, 1.54) is 0 Å². The average Bonchev–Trinajstić information content (AvgIpc) is 3.10. The molecule has 1 aliphatic heterocycles. The van der Waals surface area contributed by atoms with E-state index in [2.05, 4.69) is 10.6 Å². The van der Waals surface area contributed by atoms with E-state index < -0.39 is 22.9 Å². The molecule has 3 aromatic rings. The Hall–Kier alpha value is -4.26. The number of carbonyl (C=O) groups excluding carboxylic acids is 4. The highest BCUT2D eigenvalue weighted by Crippen LogP contribution is 2.33. The number of benzene rings is 3. The van der Waals surface area contributed by atoms with E-state index in [4.69, 9.17) is 0 Å². The van der Waals surface area contributed by atoms with Crippen molar-refractivity contribution in [3.8, 4) is 0 Å². The lowest BCUT2D eigenvalue weighted by Gasteiger charge is -2.27. The molecular weight excluding hydrogens is 454 g/mol. The van der Waals surface area contributed by atoms with E-state index in [1.807, 2.05) is 69.3 Å². The lowest BCUT2D eigenvalue weighted by Crippen LogP contribution is -2.46. The number of Topliss-reactive ketones (excluding diaryl/α,β-unsaturated/α-hetero) is 1. The Morgan fingerprint density at radius 1 is 0.861 bits per heavy atom. The number of urea groups is 1. The molecule has 3 aromatic carbocycles. The quantitative estimate of drug-likeness (QED) is 0.381. The highest BCUT2D eigenvalue weighted by atomic mass is 16.2. The summed E-state index contributed by atoms with van der Waals surface area (Å²) in [5.41, 5.74) is 0.582. The van der Waals surface area contributed by atoms with Crippen LogP contribution < -0.4 is 10.6 Å². The molecule has 1 atom stereocenters. The standard InChI is InChI=1S/C29H29N3O4/c1-28(2,3)25(34)30-23-16-14-21(15-17-23)24(33)19-32-26(35)29(31-27(32)36,22-12-8-5-9-13-22)18-20-10-6-4-7-11-20/h4-17H,18-19H2,1-3H3,(H,30,34)(H,31,36)/t29-/m1/s1. The fourth-order valence-electron chi connectivity index (χ4n) is 4.10. The minimum atomic E-state index is -1.30. The molecule has 0 unspecified atom stereocenters. The van der Waals surface area contributed by atoms with Gasteiger partial charge in [0, 0.05) is 23.1 Å². The molecule has 0 aliphatic carbocycles. The minimum absolute atomic E-state index is 0.142. The molecular formula is C29H29N3O4. The number of nitrogens with one attached hydrogen (secondary N) is 2. The molecule has 1 heterocycles. The van der Waals surface area contributed by atoms with Crippen LogP contribution in [0.15, 0.2) is 84.9 Å². The number of anilines is 1. The van der Waals surface area contributed by atoms with Gasteiger partial charge in [0.2, 0.25) is 5.91 Å². The van der Waals surface area contributed by atoms with Crippen LogP contribution in [0.3, 0.4) is 0 Å². The van der Waals surface area contributed by atoms with Gasteiger partial charge in [0.05, 0.1) is 6.54 Å². The molecule has 1 fully saturated rings. The molecule has 1 saturated heterocycles. The fourth-order valence-corrected chi connectivity index (χ4v) is 4.10. The smallest absolute Gasteiger partial charge is 0.325 e. The predicted octanol–water partition coefficient (Wildman–Crippen LogP) is 4.54. The van der Waals surface area contributed by atoms with Crippen LogP contribution >= 0.6 is 0 Å². The number of imide groups is 1. The van der Waals surface area contributed by atoms with E-state index in [0.29, 0.717) is 16.8 Å². The molecule has 2 N–H and O–H groups in total. The Morgan fingerprint density at radius 2 is 1.44 bits per heavy atom. The first-order valence-corrected chi connectivity index (χ1v) is 11.8. The monoisotopic (exact) mass is 483 g/mol. The highest BCUT2D eigenvalue weighted by Gasteiger charge is 2.52. The molecule has 4 rings (SSSR count). The van der Waals surface area contributed by atoms with Crippen molar-refractivity contribution in [1.29, 1.82) is 0 Å². The maximum atomic E-state index is 13.7. The van der Waals surface area contributed by atoms with Crippen LogP contribution in [0.5, 0.6) is 0 Å². The zero-order valence-electron chi connectivity index (χ0n) is 20.6. The maximum Gasteiger partial charge on any atom is 0.325 e. The molecule has 36 heavy (non-hydrogen) atoms. The topological polar surface area (TPSA) is 95.6 Å². The first-order chi connectivity index (χ1) is 17.1. The molecule has 0 aromatic heterocycles. The third-order valence-corrected chi connectivity index (χ3v) is 6.20. The molecule has 0 saturated carbocycles. The molecule has 7 nitrogen and oxygen atoms in total. The summed E-state index contributed by atoms with van der Waals surface area (Å²) in [6.45, 7) is 5.05. The number of ketones is 1. The normalized spacial score (nSPS) is 17.6. The van der Waals surface area contributed by atoms with Gasteiger partial charge in [0.1, 0.15) is 0 Å². The van der Waals surface area contributed by atoms with Gasteiger partial charge in [-0.3, -0.25) is 19.3 Å². The minimum Gasteiger partial charge on any atom is -0.326 e. The maximum absolute atomic E-state index is 13.7. The summed E-state index contributed by atoms with van der Waals surface area (Å²) < 4.78 is 0. The van der Waals surface area contributed by atoms with Crippen LogP contribution in [0.1, 0.15) is 42.3 Å². The van der Waals surface area contributed by atoms with Crippen molar-refractivity contribution in [2.75, 3.05) is 11.9 Å². The van der Waals surface area contributed by atoms with Crippen molar-refractivity contribution in [1.82, 2.24) is 10.2 Å². The summed E-state index contributed by atoms with van der Waals surface area (Å²) in [4.78, 5) is 52.9. The number of hydrogen-bond donors (Lipinski definition) is 2. The third kappa shape index (κ3) is 5.05. The van der Waals surface area contributed by atoms with Crippen LogP contribution in [0, 0.1) is 5.41 Å². The summed E-state index contributed by atoms with van der Waals surface area (Å²) in [5.74, 6) is -0.989. The fraction of sp³-hybridized carbons (Fsp3) is 0.241. The first kappa shape index (κ1) is 24.9. The Labute approximate surface area is 210 Å². The van der Waals surface area contributed by atoms with Crippen LogP contribution in [0.4, 0.5) is 10.5 Å². The number of rotatable bonds is 7. The van der Waals surface area contributed by atoms with Crippen molar-refractivity contribution in [3.63, 3.8) is 0 Å². The highest BCUT2D eigenvalue weighted by molar-refractivity contribution is 6.11. The predicted molar refractivity (Wildman–Crippen MR) is 137 cm³/mol. The van der Waals surface area contributed by atoms with Gasteiger partial charge in [-0.1, -0.05) is 81.4 Å². The van der Waals surface area contributed by atoms with Gasteiger partial charge in [0.25, 0.3) is 5.91 Å². The molecule has 0 radical (unpaired) electrons. The Balaban J connectivity index is 1.55. The van der Waals surface area contributed by atoms with Crippen LogP contribution in [0.25, 0.3) is 0 Å². The molecule has 1 aliphatic rings. The number of amides is 4. The summed E-state index contributed by atoms with van der Waals surface area (Å²) in [6, 6.07) is 24.3. The summed E-state index contributed by atoms with van der Waals surface area (Å²) >= 11 is 0. The van der Waals surface area contributed by atoms with Gasteiger partial charge >= 0.3 is 6.03 Å². The van der Waals surface area contributed by atoms with Gasteiger partial charge < -0.3 is 10.6 Å². The van der Waals surface area contributed by atoms with Crippen molar-refractivity contribution < 1.29 is 19.2 Å². The van der Waals surface area contributed by atoms with Gasteiger partial charge in [-0.05, 0) is 35.4 Å². The lowest BCUT2D eigenvalue weighted by atomic mass is 9.83. The lowest BCUT2D eigenvalue weighted by molar-refractivity contribution is -0.131. The van der Waals surface area contributed by atoms with Gasteiger partial charge in [-0.15, -0.1) is 0 Å². The number of carbonyl (C=O) groups is 4. The van der Waals surface area contributed by atoms with Gasteiger partial charge in [0.15, 0.2) is 11.3 Å². The van der Waals surface area contributed by atoms with Gasteiger partial charge in [-0.2, -0.15) is 0 Å². The number of nitrogens with zero attached hydrogens (tertiary/aromatic N) is 1. The van der Waals surface area contributed by atoms with Crippen molar-refractivity contribution in [3.05, 3.63) is 102 Å². The second-order valence-corrected chi connectivity index (χ2v) is 9.96. The third-order valence-electron chi connectivity index (χ3n) is 6.20. The molecule has 0 bridgehead atoms. The van der Waals surface area contributed by atoms with E-state index in [0.717, 1.165) is 10.5 Å². The van der Waals surface area contributed by atoms with Crippen LogP contribution in [0.2, 0.25) is 0 Å². The molecule has 0 spiro atoms. The molecule has 4 amide bonds. The largest absolute Gasteiger partial charge is 0.326 e. The second kappa shape index (κ2) is 9.77. The van der Waals surface area contributed by atoms with E-state index in [9.17, 15) is 19.2 Å². The summed E-state index contributed by atoms with van der Waals surface area (Å²) in [5, 5.41) is 5.68.